The maximum Gasteiger partial charge on any atom is 0.266 e. The summed E-state index contributed by atoms with van der Waals surface area (Å²) in [7, 11) is 0. The number of oxazole rings is 1. The highest BCUT2D eigenvalue weighted by Gasteiger charge is 2.59. The molecule has 0 aromatic carbocycles. The van der Waals surface area contributed by atoms with Crippen LogP contribution < -0.4 is 0 Å². The molecule has 166 valence electrons. The molecule has 5 rings (SSSR count). The van der Waals surface area contributed by atoms with Crippen molar-refractivity contribution in [3.8, 4) is 0 Å². The Morgan fingerprint density at radius 3 is 2.70 bits per heavy atom. The predicted molar refractivity (Wildman–Crippen MR) is 107 cm³/mol. The summed E-state index contributed by atoms with van der Waals surface area (Å²) in [6.07, 6.45) is 8.15. The van der Waals surface area contributed by atoms with E-state index in [9.17, 15) is 18.7 Å². The summed E-state index contributed by atoms with van der Waals surface area (Å²) in [5, 5.41) is 10.4. The van der Waals surface area contributed by atoms with Gasteiger partial charge in [-0.3, -0.25) is 4.79 Å². The molecule has 8 atom stereocenters. The first-order chi connectivity index (χ1) is 14.3. The Hall–Kier alpha value is -1.30. The zero-order chi connectivity index (χ0) is 21.1. The van der Waals surface area contributed by atoms with Gasteiger partial charge in [-0.1, -0.05) is 6.92 Å². The van der Waals surface area contributed by atoms with Crippen LogP contribution in [0.2, 0.25) is 0 Å². The number of halogens is 2. The Morgan fingerprint density at radius 1 is 1.17 bits per heavy atom. The molecule has 4 aliphatic carbocycles. The summed E-state index contributed by atoms with van der Waals surface area (Å²) < 4.78 is 32.1. The second-order valence-electron chi connectivity index (χ2n) is 10.8. The van der Waals surface area contributed by atoms with Crippen LogP contribution in [-0.4, -0.2) is 27.9 Å². The minimum atomic E-state index is -2.64. The van der Waals surface area contributed by atoms with Crippen molar-refractivity contribution in [2.75, 3.05) is 0 Å². The first kappa shape index (κ1) is 20.6. The molecule has 4 fully saturated rings. The van der Waals surface area contributed by atoms with E-state index in [1.165, 1.54) is 6.26 Å². The highest BCUT2D eigenvalue weighted by atomic mass is 19.3. The van der Waals surface area contributed by atoms with Gasteiger partial charge in [-0.2, -0.15) is 0 Å². The molecule has 4 aliphatic rings. The van der Waals surface area contributed by atoms with Crippen LogP contribution in [0, 0.1) is 40.9 Å². The normalized spacial score (nSPS) is 45.6. The molecule has 6 heteroatoms. The number of ketones is 1. The number of alkyl halides is 2. The zero-order valence-corrected chi connectivity index (χ0v) is 17.7. The van der Waals surface area contributed by atoms with E-state index in [4.69, 9.17) is 4.42 Å². The average Bonchev–Trinajstić information content (AvgIpc) is 3.34. The summed E-state index contributed by atoms with van der Waals surface area (Å²) in [5.74, 6) is 3.26. The number of Topliss-reactive ketones (excluding diaryl/α,β-unsaturated/α-hetero) is 1. The Balaban J connectivity index is 1.30. The summed E-state index contributed by atoms with van der Waals surface area (Å²) in [6.45, 7) is 2.32. The van der Waals surface area contributed by atoms with Gasteiger partial charge in [0.25, 0.3) is 6.43 Å². The number of rotatable bonds is 4. The minimum Gasteiger partial charge on any atom is -0.449 e. The van der Waals surface area contributed by atoms with E-state index in [2.05, 4.69) is 11.9 Å². The van der Waals surface area contributed by atoms with Gasteiger partial charge in [0.2, 0.25) is 5.89 Å². The van der Waals surface area contributed by atoms with E-state index in [-0.39, 0.29) is 42.3 Å². The zero-order valence-electron chi connectivity index (χ0n) is 17.7. The number of aromatic nitrogens is 1. The third kappa shape index (κ3) is 3.16. The van der Waals surface area contributed by atoms with Crippen molar-refractivity contribution in [3.63, 3.8) is 0 Å². The van der Waals surface area contributed by atoms with Crippen molar-refractivity contribution in [1.82, 2.24) is 4.98 Å². The lowest BCUT2D eigenvalue weighted by molar-refractivity contribution is -0.160. The van der Waals surface area contributed by atoms with Crippen molar-refractivity contribution in [2.24, 2.45) is 40.9 Å². The van der Waals surface area contributed by atoms with Crippen molar-refractivity contribution < 1.29 is 23.1 Å². The monoisotopic (exact) mass is 421 g/mol. The summed E-state index contributed by atoms with van der Waals surface area (Å²) in [5.41, 5.74) is -1.74. The van der Waals surface area contributed by atoms with Crippen LogP contribution in [-0.2, 0) is 11.2 Å². The van der Waals surface area contributed by atoms with E-state index >= 15 is 0 Å². The Labute approximate surface area is 176 Å². The second kappa shape index (κ2) is 7.39. The first-order valence-electron chi connectivity index (χ1n) is 11.7. The third-order valence-corrected chi connectivity index (χ3v) is 9.65. The van der Waals surface area contributed by atoms with Crippen molar-refractivity contribution >= 4 is 5.78 Å². The maximum absolute atomic E-state index is 13.4. The fourth-order valence-electron chi connectivity index (χ4n) is 8.25. The van der Waals surface area contributed by atoms with Gasteiger partial charge < -0.3 is 9.52 Å². The number of fused-ring (bicyclic) bond motifs is 5. The Bertz CT molecular complexity index is 783. The van der Waals surface area contributed by atoms with Crippen LogP contribution in [0.5, 0.6) is 0 Å². The molecule has 4 nitrogen and oxygen atoms in total. The van der Waals surface area contributed by atoms with E-state index < -0.39 is 12.0 Å². The quantitative estimate of drug-likeness (QED) is 0.739. The largest absolute Gasteiger partial charge is 0.449 e. The summed E-state index contributed by atoms with van der Waals surface area (Å²) in [4.78, 5) is 17.2. The number of aliphatic hydroxyl groups is 1. The predicted octanol–water partition coefficient (Wildman–Crippen LogP) is 5.05. The van der Waals surface area contributed by atoms with Crippen LogP contribution in [0.25, 0.3) is 0 Å². The lowest BCUT2D eigenvalue weighted by Crippen LogP contribution is -2.53. The molecule has 0 saturated heterocycles. The first-order valence-corrected chi connectivity index (χ1v) is 11.7. The molecular formula is C24H33F2NO3. The van der Waals surface area contributed by atoms with Gasteiger partial charge in [-0.05, 0) is 92.8 Å². The fourth-order valence-corrected chi connectivity index (χ4v) is 8.25. The number of carbonyl (C=O) groups excluding carboxylic acids is 1. The van der Waals surface area contributed by atoms with Gasteiger partial charge >= 0.3 is 0 Å². The van der Waals surface area contributed by atoms with Gasteiger partial charge in [0.05, 0.1) is 12.6 Å². The van der Waals surface area contributed by atoms with E-state index in [1.54, 1.807) is 6.20 Å². The van der Waals surface area contributed by atoms with Gasteiger partial charge in [0.1, 0.15) is 17.6 Å². The van der Waals surface area contributed by atoms with E-state index in [0.29, 0.717) is 29.6 Å². The lowest BCUT2D eigenvalue weighted by Gasteiger charge is -2.57. The fraction of sp³-hybridized carbons (Fsp3) is 0.833. The molecule has 1 aromatic heterocycles. The molecule has 0 radical (unpaired) electrons. The van der Waals surface area contributed by atoms with E-state index in [0.717, 1.165) is 44.9 Å². The maximum atomic E-state index is 13.4. The molecule has 1 N–H and O–H groups in total. The molecule has 4 saturated carbocycles. The number of hydrogen-bond acceptors (Lipinski definition) is 4. The van der Waals surface area contributed by atoms with Crippen LogP contribution >= 0.6 is 0 Å². The highest BCUT2D eigenvalue weighted by molar-refractivity contribution is 5.83. The minimum absolute atomic E-state index is 0.0378. The number of carbonyl (C=O) groups is 1. The highest BCUT2D eigenvalue weighted by Crippen LogP contribution is 2.65. The molecule has 30 heavy (non-hydrogen) atoms. The third-order valence-electron chi connectivity index (χ3n) is 9.65. The molecule has 1 aromatic rings. The van der Waals surface area contributed by atoms with Gasteiger partial charge in [-0.25, -0.2) is 13.8 Å². The van der Waals surface area contributed by atoms with Crippen LogP contribution in [0.4, 0.5) is 8.78 Å². The molecule has 0 aliphatic heterocycles. The van der Waals surface area contributed by atoms with Gasteiger partial charge in [-0.15, -0.1) is 0 Å². The van der Waals surface area contributed by atoms with E-state index in [1.807, 2.05) is 0 Å². The van der Waals surface area contributed by atoms with Crippen molar-refractivity contribution in [1.29, 1.82) is 0 Å². The molecule has 0 amide bonds. The van der Waals surface area contributed by atoms with Crippen molar-refractivity contribution in [3.05, 3.63) is 18.4 Å². The van der Waals surface area contributed by atoms with Crippen LogP contribution in [0.1, 0.15) is 70.6 Å². The number of nitrogens with zero attached hydrogens (tertiary/aromatic N) is 1. The molecule has 1 heterocycles. The van der Waals surface area contributed by atoms with Crippen LogP contribution in [0.3, 0.4) is 0 Å². The summed E-state index contributed by atoms with van der Waals surface area (Å²) in [6, 6.07) is 0. The molecular weight excluding hydrogens is 388 g/mol. The van der Waals surface area contributed by atoms with Crippen LogP contribution in [0.15, 0.2) is 16.9 Å². The second-order valence-corrected chi connectivity index (χ2v) is 10.8. The standard InChI is InChI=1S/C24H33F2NO3/c1-23-8-6-16-15-7-9-24(29,22(25)26)13-14(15)2-3-17(16)18(23)4-5-19(23)20(28)12-21-27-10-11-30-21/h10-11,14-19,22,29H,2-9,12-13H2,1H3/t14-,15+,16-,17-,18+,19-,23+,24-/m1/s1. The van der Waals surface area contributed by atoms with Gasteiger partial charge in [0, 0.05) is 5.92 Å². The Morgan fingerprint density at radius 2 is 1.97 bits per heavy atom. The molecule has 0 spiro atoms. The SMILES string of the molecule is C[C@]12CC[C@H]3[C@@H](CC[C@@H]4C[C@@](O)(C(F)F)CC[C@@H]43)[C@@H]1CC[C@@H]2C(=O)Cc1ncco1. The molecule has 0 unspecified atom stereocenters. The molecule has 0 bridgehead atoms. The lowest BCUT2D eigenvalue weighted by atomic mass is 9.49. The number of hydrogen-bond donors (Lipinski definition) is 1. The average molecular weight is 422 g/mol. The smallest absolute Gasteiger partial charge is 0.266 e. The Kier molecular flexibility index (Phi) is 5.07. The summed E-state index contributed by atoms with van der Waals surface area (Å²) >= 11 is 0. The van der Waals surface area contributed by atoms with Crippen molar-refractivity contribution in [2.45, 2.75) is 83.2 Å². The van der Waals surface area contributed by atoms with Gasteiger partial charge in [0.15, 0.2) is 0 Å². The topological polar surface area (TPSA) is 63.3 Å².